The minimum absolute atomic E-state index is 0.162. The lowest BCUT2D eigenvalue weighted by atomic mass is 9.81. The zero-order chi connectivity index (χ0) is 23.2. The van der Waals surface area contributed by atoms with E-state index in [4.69, 9.17) is 9.72 Å². The maximum Gasteiger partial charge on any atom is 0.291 e. The van der Waals surface area contributed by atoms with E-state index < -0.39 is 0 Å². The van der Waals surface area contributed by atoms with Gasteiger partial charge in [0.1, 0.15) is 5.69 Å². The molecule has 1 saturated carbocycles. The van der Waals surface area contributed by atoms with Crippen LogP contribution in [-0.4, -0.2) is 64.6 Å². The van der Waals surface area contributed by atoms with Crippen molar-refractivity contribution < 1.29 is 9.53 Å². The van der Waals surface area contributed by atoms with Crippen LogP contribution in [0.4, 0.5) is 5.69 Å². The lowest BCUT2D eigenvalue weighted by molar-refractivity contribution is 0.0658. The Bertz CT molecular complexity index is 1300. The van der Waals surface area contributed by atoms with Crippen LogP contribution in [0.3, 0.4) is 0 Å². The number of nitrogens with one attached hydrogen (secondary N) is 2. The maximum absolute atomic E-state index is 12.5. The van der Waals surface area contributed by atoms with Gasteiger partial charge in [-0.3, -0.25) is 19.5 Å². The molecule has 0 bridgehead atoms. The minimum atomic E-state index is -0.170. The maximum atomic E-state index is 12.5. The highest BCUT2D eigenvalue weighted by Gasteiger charge is 2.43. The van der Waals surface area contributed by atoms with Crippen molar-refractivity contribution in [2.24, 2.45) is 0 Å². The normalized spacial score (nSPS) is 21.9. The lowest BCUT2D eigenvalue weighted by Gasteiger charge is -2.54. The zero-order valence-electron chi connectivity index (χ0n) is 19.2. The summed E-state index contributed by atoms with van der Waals surface area (Å²) in [6.45, 7) is 3.24. The Labute approximate surface area is 197 Å². The monoisotopic (exact) mass is 460 g/mol. The number of nitrogens with zero attached hydrogens (tertiary/aromatic N) is 4. The Morgan fingerprint density at radius 2 is 2.09 bits per heavy atom. The summed E-state index contributed by atoms with van der Waals surface area (Å²) in [6, 6.07) is 6.77. The smallest absolute Gasteiger partial charge is 0.291 e. The standard InChI is InChI=1S/C25H28N6O3/c1-26-24(32)18-5-4-16(13-27-18)31-9-8-30(20-6-7-21(20)31)14-15-11-19-22(28-12-15)17-3-2-10-34-23(17)25(33)29-19/h4-5,11-13,20-21H,2-3,6-10,14H2,1H3,(H,26,32)(H,29,33)/t20-,21+/m0/s1. The average Bonchev–Trinajstić information content (AvgIpc) is 2.84. The summed E-state index contributed by atoms with van der Waals surface area (Å²) in [5.41, 5.74) is 5.01. The number of carbonyl (C=O) groups is 1. The summed E-state index contributed by atoms with van der Waals surface area (Å²) < 4.78 is 5.60. The summed E-state index contributed by atoms with van der Waals surface area (Å²) in [7, 11) is 1.61. The van der Waals surface area contributed by atoms with E-state index in [0.29, 0.717) is 30.1 Å². The van der Waals surface area contributed by atoms with Crippen LogP contribution in [0.15, 0.2) is 35.4 Å². The van der Waals surface area contributed by atoms with Gasteiger partial charge in [-0.2, -0.15) is 0 Å². The van der Waals surface area contributed by atoms with Crippen molar-refractivity contribution >= 4 is 22.6 Å². The van der Waals surface area contributed by atoms with Gasteiger partial charge in [-0.15, -0.1) is 0 Å². The van der Waals surface area contributed by atoms with Gasteiger partial charge in [0.2, 0.25) is 0 Å². The zero-order valence-corrected chi connectivity index (χ0v) is 19.2. The van der Waals surface area contributed by atoms with Crippen molar-refractivity contribution in [3.05, 3.63) is 57.8 Å². The number of aromatic nitrogens is 3. The number of aromatic amines is 1. The number of pyridine rings is 3. The highest BCUT2D eigenvalue weighted by atomic mass is 16.5. The molecular weight excluding hydrogens is 432 g/mol. The molecular formula is C25H28N6O3. The lowest BCUT2D eigenvalue weighted by Crippen LogP contribution is -2.64. The van der Waals surface area contributed by atoms with Gasteiger partial charge in [-0.25, -0.2) is 4.98 Å². The molecule has 6 rings (SSSR count). The number of ether oxygens (including phenoxy) is 1. The van der Waals surface area contributed by atoms with Gasteiger partial charge in [-0.05, 0) is 49.4 Å². The molecule has 1 aliphatic carbocycles. The van der Waals surface area contributed by atoms with Gasteiger partial charge in [0.25, 0.3) is 11.5 Å². The van der Waals surface area contributed by atoms with Gasteiger partial charge >= 0.3 is 0 Å². The average molecular weight is 461 g/mol. The van der Waals surface area contributed by atoms with Crippen LogP contribution < -0.4 is 20.5 Å². The second kappa shape index (κ2) is 8.39. The van der Waals surface area contributed by atoms with E-state index in [1.165, 1.54) is 0 Å². The number of carbonyl (C=O) groups excluding carboxylic acids is 1. The Kier molecular flexibility index (Phi) is 5.21. The molecule has 0 unspecified atom stereocenters. The molecule has 0 aromatic carbocycles. The first-order valence-corrected chi connectivity index (χ1v) is 12.0. The van der Waals surface area contributed by atoms with Crippen LogP contribution in [0.5, 0.6) is 5.75 Å². The summed E-state index contributed by atoms with van der Waals surface area (Å²) >= 11 is 0. The Hall–Kier alpha value is -3.46. The van der Waals surface area contributed by atoms with Crippen molar-refractivity contribution in [3.8, 4) is 5.75 Å². The number of aryl methyl sites for hydroxylation is 1. The van der Waals surface area contributed by atoms with Crippen LogP contribution in [0.1, 0.15) is 40.9 Å². The van der Waals surface area contributed by atoms with Crippen LogP contribution in [0.25, 0.3) is 11.0 Å². The van der Waals surface area contributed by atoms with Crippen LogP contribution in [-0.2, 0) is 13.0 Å². The quantitative estimate of drug-likeness (QED) is 0.613. The summed E-state index contributed by atoms with van der Waals surface area (Å²) in [5.74, 6) is 0.265. The molecule has 1 amide bonds. The first kappa shape index (κ1) is 21.1. The molecule has 2 atom stereocenters. The second-order valence-electron chi connectivity index (χ2n) is 9.31. The molecule has 0 spiro atoms. The third kappa shape index (κ3) is 3.51. The summed E-state index contributed by atoms with van der Waals surface area (Å²) in [4.78, 5) is 41.3. The molecule has 2 aliphatic heterocycles. The summed E-state index contributed by atoms with van der Waals surface area (Å²) in [5, 5.41) is 2.61. The number of amides is 1. The molecule has 5 heterocycles. The van der Waals surface area contributed by atoms with Crippen LogP contribution in [0, 0.1) is 0 Å². The van der Waals surface area contributed by atoms with Crippen molar-refractivity contribution in [2.45, 2.75) is 44.3 Å². The van der Waals surface area contributed by atoms with E-state index in [9.17, 15) is 9.59 Å². The SMILES string of the molecule is CNC(=O)c1ccc(N2CCN(Cc3cnc4c5c(c(=O)[nH]c4c3)OCCC5)[C@H]3CC[C@H]32)cn1. The van der Waals surface area contributed by atoms with Crippen LogP contribution in [0.2, 0.25) is 0 Å². The number of rotatable bonds is 4. The fourth-order valence-electron chi connectivity index (χ4n) is 5.55. The van der Waals surface area contributed by atoms with Gasteiger partial charge in [0.15, 0.2) is 5.75 Å². The topological polar surface area (TPSA) is 103 Å². The van der Waals surface area contributed by atoms with Gasteiger partial charge in [-0.1, -0.05) is 0 Å². The predicted octanol–water partition coefficient (Wildman–Crippen LogP) is 1.86. The Morgan fingerprint density at radius 1 is 1.21 bits per heavy atom. The molecule has 3 aliphatic rings. The fourth-order valence-corrected chi connectivity index (χ4v) is 5.55. The Balaban J connectivity index is 1.19. The predicted molar refractivity (Wildman–Crippen MR) is 128 cm³/mol. The van der Waals surface area contributed by atoms with E-state index in [0.717, 1.165) is 73.2 Å². The number of anilines is 1. The van der Waals surface area contributed by atoms with Gasteiger partial charge in [0.05, 0.1) is 29.5 Å². The van der Waals surface area contributed by atoms with Crippen molar-refractivity contribution in [3.63, 3.8) is 0 Å². The molecule has 3 aromatic heterocycles. The second-order valence-corrected chi connectivity index (χ2v) is 9.31. The number of fused-ring (bicyclic) bond motifs is 4. The highest BCUT2D eigenvalue weighted by molar-refractivity contribution is 5.92. The summed E-state index contributed by atoms with van der Waals surface area (Å²) in [6.07, 6.45) is 7.79. The van der Waals surface area contributed by atoms with Crippen LogP contribution >= 0.6 is 0 Å². The van der Waals surface area contributed by atoms with Crippen molar-refractivity contribution in [1.29, 1.82) is 0 Å². The number of piperazine rings is 1. The van der Waals surface area contributed by atoms with E-state index >= 15 is 0 Å². The first-order valence-electron chi connectivity index (χ1n) is 12.0. The van der Waals surface area contributed by atoms with E-state index in [2.05, 4.69) is 31.2 Å². The Morgan fingerprint density at radius 3 is 2.85 bits per heavy atom. The molecule has 3 aromatic rings. The van der Waals surface area contributed by atoms with E-state index in [1.807, 2.05) is 18.5 Å². The minimum Gasteiger partial charge on any atom is -0.488 e. The van der Waals surface area contributed by atoms with E-state index in [-0.39, 0.29) is 11.5 Å². The van der Waals surface area contributed by atoms with Gasteiger partial charge < -0.3 is 19.9 Å². The molecule has 9 heteroatoms. The molecule has 9 nitrogen and oxygen atoms in total. The molecule has 0 radical (unpaired) electrons. The third-order valence-corrected chi connectivity index (χ3v) is 7.40. The number of H-pyrrole nitrogens is 1. The molecule has 1 saturated heterocycles. The first-order chi connectivity index (χ1) is 16.6. The molecule has 34 heavy (non-hydrogen) atoms. The highest BCUT2D eigenvalue weighted by Crippen LogP contribution is 2.37. The number of hydrogen-bond donors (Lipinski definition) is 2. The molecule has 2 fully saturated rings. The fraction of sp³-hybridized carbons (Fsp3) is 0.440. The largest absolute Gasteiger partial charge is 0.488 e. The van der Waals surface area contributed by atoms with E-state index in [1.54, 1.807) is 13.1 Å². The van der Waals surface area contributed by atoms with Gasteiger partial charge in [0, 0.05) is 50.5 Å². The molecule has 2 N–H and O–H groups in total. The third-order valence-electron chi connectivity index (χ3n) is 7.40. The van der Waals surface area contributed by atoms with Crippen molar-refractivity contribution in [1.82, 2.24) is 25.2 Å². The molecule has 176 valence electrons. The number of hydrogen-bond acceptors (Lipinski definition) is 7. The van der Waals surface area contributed by atoms with Crippen molar-refractivity contribution in [2.75, 3.05) is 31.6 Å².